The van der Waals surface area contributed by atoms with Crippen molar-refractivity contribution in [1.82, 2.24) is 26.1 Å². The molecule has 0 saturated heterocycles. The maximum Gasteiger partial charge on any atom is 0 e. The van der Waals surface area contributed by atoms with Crippen molar-refractivity contribution in [3.63, 3.8) is 0 Å². The molecule has 0 fully saturated rings. The quantitative estimate of drug-likeness (QED) is 0.502. The van der Waals surface area contributed by atoms with Gasteiger partial charge in [0.1, 0.15) is 0 Å². The molecule has 28 valence electrons. The van der Waals surface area contributed by atoms with Gasteiger partial charge in [0.2, 0.25) is 0 Å². The van der Waals surface area contributed by atoms with E-state index in [-0.39, 0.29) is 27.3 Å². The zero-order chi connectivity index (χ0) is 3.54. The summed E-state index contributed by atoms with van der Waals surface area (Å²) < 4.78 is 0. The number of rotatable bonds is 0. The molecule has 0 spiro atoms. The van der Waals surface area contributed by atoms with Gasteiger partial charge in [-0.3, -0.25) is 0 Å². The van der Waals surface area contributed by atoms with Gasteiger partial charge in [-0.15, -0.1) is 0 Å². The molecule has 6 heavy (non-hydrogen) atoms. The first-order valence-electron chi connectivity index (χ1n) is 1.05. The standard InChI is InChI=1S/Cd.HN5/c;1-2-4-5-3-1/h;(H,1,2,3,4,5). The Morgan fingerprint density at radius 2 is 1.50 bits per heavy atom. The Labute approximate surface area is 53.6 Å². The van der Waals surface area contributed by atoms with E-state index in [1.165, 1.54) is 0 Å². The van der Waals surface area contributed by atoms with Crippen LogP contribution in [0.15, 0.2) is 0 Å². The minimum Gasteiger partial charge on any atom is -0.157 e. The van der Waals surface area contributed by atoms with Crippen molar-refractivity contribution in [3.05, 3.63) is 0 Å². The summed E-state index contributed by atoms with van der Waals surface area (Å²) in [5.41, 5.74) is 0. The third kappa shape index (κ3) is 1.38. The van der Waals surface area contributed by atoms with Crippen LogP contribution < -0.4 is 0 Å². The fraction of sp³-hybridized carbons (Fsp3) is 0. The second-order valence-corrected chi connectivity index (χ2v) is 0.479. The molecular weight excluding hydrogens is 182 g/mol. The van der Waals surface area contributed by atoms with E-state index in [9.17, 15) is 0 Å². The monoisotopic (exact) mass is 185 g/mol. The van der Waals surface area contributed by atoms with Gasteiger partial charge in [0.15, 0.2) is 0 Å². The van der Waals surface area contributed by atoms with Gasteiger partial charge < -0.3 is 0 Å². The Morgan fingerprint density at radius 1 is 1.00 bits per heavy atom. The van der Waals surface area contributed by atoms with Crippen molar-refractivity contribution >= 4 is 0 Å². The summed E-state index contributed by atoms with van der Waals surface area (Å²) in [5, 5.41) is 14.5. The Morgan fingerprint density at radius 3 is 1.67 bits per heavy atom. The SMILES string of the molecule is [Cd].n1nn[nH]n1. The normalized spacial score (nSPS) is 6.67. The summed E-state index contributed by atoms with van der Waals surface area (Å²) in [4.78, 5) is 0. The van der Waals surface area contributed by atoms with Crippen LogP contribution in [0.1, 0.15) is 0 Å². The van der Waals surface area contributed by atoms with Crippen LogP contribution in [0.25, 0.3) is 0 Å². The van der Waals surface area contributed by atoms with Crippen LogP contribution in [0.4, 0.5) is 0 Å². The van der Waals surface area contributed by atoms with Gasteiger partial charge in [-0.2, -0.15) is 5.21 Å². The van der Waals surface area contributed by atoms with E-state index in [1.54, 1.807) is 0 Å². The average molecular weight is 183 g/mol. The fourth-order valence-corrected chi connectivity index (χ4v) is 0.100. The van der Waals surface area contributed by atoms with Crippen LogP contribution in [0.3, 0.4) is 0 Å². The predicted octanol–water partition coefficient (Wildman–Crippen LogP) is -1.41. The molecule has 0 unspecified atom stereocenters. The van der Waals surface area contributed by atoms with Gasteiger partial charge in [0, 0.05) is 27.3 Å². The largest absolute Gasteiger partial charge is 0.157 e. The first-order chi connectivity index (χ1) is 2.50. The van der Waals surface area contributed by atoms with Crippen LogP contribution in [0, 0.1) is 0 Å². The third-order valence-electron chi connectivity index (χ3n) is 0.219. The molecule has 1 heterocycles. The van der Waals surface area contributed by atoms with Gasteiger partial charge in [0.25, 0.3) is 0 Å². The summed E-state index contributed by atoms with van der Waals surface area (Å²) in [6.45, 7) is 0. The van der Waals surface area contributed by atoms with Crippen LogP contribution in [-0.2, 0) is 27.3 Å². The summed E-state index contributed by atoms with van der Waals surface area (Å²) >= 11 is 0. The Bertz CT molecular complexity index is 60.4. The minimum absolute atomic E-state index is 0. The van der Waals surface area contributed by atoms with E-state index < -0.39 is 0 Å². The first kappa shape index (κ1) is 5.92. The molecule has 0 saturated carbocycles. The second kappa shape index (κ2) is 3.13. The molecule has 0 amide bonds. The number of hydrogen-bond acceptors (Lipinski definition) is 4. The molecular formula is HCdN5. The van der Waals surface area contributed by atoms with E-state index in [4.69, 9.17) is 0 Å². The van der Waals surface area contributed by atoms with E-state index in [2.05, 4.69) is 26.1 Å². The number of nitrogens with one attached hydrogen (secondary N) is 1. The molecule has 0 aromatic carbocycles. The smallest absolute Gasteiger partial charge is 0 e. The van der Waals surface area contributed by atoms with Crippen LogP contribution in [0.2, 0.25) is 0 Å². The van der Waals surface area contributed by atoms with E-state index in [1.807, 2.05) is 0 Å². The van der Waals surface area contributed by atoms with Crippen LogP contribution in [-0.4, -0.2) is 26.1 Å². The van der Waals surface area contributed by atoms with E-state index >= 15 is 0 Å². The molecule has 1 rings (SSSR count). The summed E-state index contributed by atoms with van der Waals surface area (Å²) in [6.07, 6.45) is 0. The number of aromatic nitrogens is 5. The maximum absolute atomic E-state index is 3.12. The number of aromatic amines is 1. The molecule has 0 aliphatic rings. The maximum atomic E-state index is 3.12. The number of hydrogen-bond donors (Lipinski definition) is 1. The molecule has 0 aliphatic carbocycles. The minimum atomic E-state index is 0. The van der Waals surface area contributed by atoms with Crippen molar-refractivity contribution in [2.24, 2.45) is 0 Å². The van der Waals surface area contributed by atoms with Crippen molar-refractivity contribution in [2.75, 3.05) is 0 Å². The van der Waals surface area contributed by atoms with Crippen LogP contribution >= 0.6 is 0 Å². The molecule has 0 radical (unpaired) electrons. The predicted molar refractivity (Wildman–Crippen MR) is 12.0 cm³/mol. The van der Waals surface area contributed by atoms with E-state index in [0.717, 1.165) is 0 Å². The Kier molecular flexibility index (Phi) is 3.08. The Balaban J connectivity index is 0.000000250. The molecule has 1 aromatic rings. The fourth-order valence-electron chi connectivity index (χ4n) is 0.100. The number of H-pyrrole nitrogens is 1. The Hall–Kier alpha value is -0.0779. The zero-order valence-corrected chi connectivity index (χ0v) is 7.03. The molecule has 6 heteroatoms. The van der Waals surface area contributed by atoms with Gasteiger partial charge in [-0.1, -0.05) is 0 Å². The second-order valence-electron chi connectivity index (χ2n) is 0.479. The topological polar surface area (TPSA) is 67.3 Å². The van der Waals surface area contributed by atoms with Gasteiger partial charge in [0.05, 0.1) is 0 Å². The van der Waals surface area contributed by atoms with Gasteiger partial charge in [-0.25, -0.2) is 0 Å². The summed E-state index contributed by atoms with van der Waals surface area (Å²) in [7, 11) is 0. The van der Waals surface area contributed by atoms with Crippen molar-refractivity contribution < 1.29 is 27.3 Å². The summed E-state index contributed by atoms with van der Waals surface area (Å²) in [6, 6.07) is 0. The van der Waals surface area contributed by atoms with Gasteiger partial charge in [-0.05, 0) is 20.9 Å². The first-order valence-corrected chi connectivity index (χ1v) is 1.05. The van der Waals surface area contributed by atoms with Gasteiger partial charge >= 0.3 is 0 Å². The third-order valence-corrected chi connectivity index (χ3v) is 0.219. The molecule has 0 aliphatic heterocycles. The molecule has 0 atom stereocenters. The van der Waals surface area contributed by atoms with E-state index in [0.29, 0.717) is 0 Å². The molecule has 0 bridgehead atoms. The summed E-state index contributed by atoms with van der Waals surface area (Å²) in [5.74, 6) is 0. The average Bonchev–Trinajstić information content (AvgIpc) is 1.76. The van der Waals surface area contributed by atoms with Crippen molar-refractivity contribution in [1.29, 1.82) is 0 Å². The van der Waals surface area contributed by atoms with Crippen LogP contribution in [0.5, 0.6) is 0 Å². The molecule has 1 aromatic heterocycles. The van der Waals surface area contributed by atoms with Crippen molar-refractivity contribution in [2.45, 2.75) is 0 Å². The molecule has 1 N–H and O–H groups in total. The van der Waals surface area contributed by atoms with Crippen molar-refractivity contribution in [3.8, 4) is 0 Å². The molecule has 5 nitrogen and oxygen atoms in total. The zero-order valence-electron chi connectivity index (χ0n) is 3.00. The number of nitrogens with zero attached hydrogens (tertiary/aromatic N) is 4.